The Bertz CT molecular complexity index is 1090. The number of hydrogen-bond acceptors (Lipinski definition) is 3. The van der Waals surface area contributed by atoms with Crippen LogP contribution in [0.1, 0.15) is 39.8 Å². The van der Waals surface area contributed by atoms with Crippen LogP contribution in [0.25, 0.3) is 0 Å². The van der Waals surface area contributed by atoms with Gasteiger partial charge in [0, 0.05) is 30.0 Å². The van der Waals surface area contributed by atoms with E-state index >= 15 is 0 Å². The van der Waals surface area contributed by atoms with E-state index in [1.54, 1.807) is 0 Å². The number of aryl methyl sites for hydroxylation is 3. The summed E-state index contributed by atoms with van der Waals surface area (Å²) in [6.45, 7) is 9.41. The summed E-state index contributed by atoms with van der Waals surface area (Å²) in [5.74, 6) is -0.394. The molecule has 2 N–H and O–H groups in total. The van der Waals surface area contributed by atoms with Crippen LogP contribution in [0.2, 0.25) is 0 Å². The second-order valence-corrected chi connectivity index (χ2v) is 7.35. The smallest absolute Gasteiger partial charge is 0.257 e. The maximum absolute atomic E-state index is 13.2. The Morgan fingerprint density at radius 2 is 1.81 bits per heavy atom. The molecule has 6 nitrogen and oxygen atoms in total. The number of nitrogens with one attached hydrogen (secondary N) is 2. The van der Waals surface area contributed by atoms with Gasteiger partial charge in [-0.05, 0) is 75.6 Å². The number of benzene rings is 2. The van der Waals surface area contributed by atoms with E-state index in [0.29, 0.717) is 24.5 Å². The molecule has 31 heavy (non-hydrogen) atoms. The topological polar surface area (TPSA) is 71.3 Å². The van der Waals surface area contributed by atoms with Gasteiger partial charge in [0.1, 0.15) is 5.82 Å². The number of para-hydroxylation sites is 1. The molecule has 0 saturated heterocycles. The van der Waals surface area contributed by atoms with E-state index in [9.17, 15) is 9.18 Å². The minimum absolute atomic E-state index is 0.349. The average Bonchev–Trinajstić information content (AvgIpc) is 3.03. The standard InChI is InChI=1S/C24H28FN5O/c1-5-30-18(4)21(17(3)29-30)14-15-26-24(27-22-9-7-6-8-16(22)2)28-23(31)19-10-12-20(25)13-11-19/h6-13H,5,14-15H2,1-4H3,(H2,26,27,28,31). The molecule has 1 amide bonds. The molecule has 0 radical (unpaired) electrons. The third-order valence-corrected chi connectivity index (χ3v) is 5.20. The van der Waals surface area contributed by atoms with E-state index in [-0.39, 0.29) is 11.7 Å². The van der Waals surface area contributed by atoms with Crippen LogP contribution < -0.4 is 10.6 Å². The highest BCUT2D eigenvalue weighted by atomic mass is 19.1. The van der Waals surface area contributed by atoms with E-state index < -0.39 is 0 Å². The lowest BCUT2D eigenvalue weighted by atomic mass is 10.1. The Hall–Kier alpha value is -3.48. The number of nitrogens with zero attached hydrogens (tertiary/aromatic N) is 3. The van der Waals surface area contributed by atoms with Gasteiger partial charge in [0.15, 0.2) is 0 Å². The molecule has 1 aromatic heterocycles. The molecule has 0 unspecified atom stereocenters. The van der Waals surface area contributed by atoms with Gasteiger partial charge in [-0.2, -0.15) is 5.10 Å². The molecule has 7 heteroatoms. The molecule has 0 aliphatic heterocycles. The molecule has 0 fully saturated rings. The van der Waals surface area contributed by atoms with Crippen molar-refractivity contribution in [2.75, 3.05) is 11.9 Å². The quantitative estimate of drug-likeness (QED) is 0.458. The highest BCUT2D eigenvalue weighted by Crippen LogP contribution is 2.15. The summed E-state index contributed by atoms with van der Waals surface area (Å²) in [6.07, 6.45) is 0.711. The highest BCUT2D eigenvalue weighted by molar-refractivity contribution is 6.10. The van der Waals surface area contributed by atoms with Crippen molar-refractivity contribution in [1.29, 1.82) is 0 Å². The molecule has 0 aliphatic rings. The summed E-state index contributed by atoms with van der Waals surface area (Å²) in [5, 5.41) is 10.6. The Balaban J connectivity index is 1.79. The molecule has 1 heterocycles. The number of aliphatic imine (C=N–C) groups is 1. The third kappa shape index (κ3) is 5.57. The second-order valence-electron chi connectivity index (χ2n) is 7.35. The molecule has 0 spiro atoms. The van der Waals surface area contributed by atoms with Crippen LogP contribution in [0.15, 0.2) is 53.5 Å². The number of halogens is 1. The lowest BCUT2D eigenvalue weighted by molar-refractivity contribution is 0.0977. The number of carbonyl (C=O) groups is 1. The lowest BCUT2D eigenvalue weighted by Gasteiger charge is -2.14. The number of carbonyl (C=O) groups excluding carboxylic acids is 1. The first-order valence-electron chi connectivity index (χ1n) is 10.4. The second kappa shape index (κ2) is 10.0. The van der Waals surface area contributed by atoms with Crippen LogP contribution in [0.3, 0.4) is 0 Å². The molecule has 0 saturated carbocycles. The number of guanidine groups is 1. The third-order valence-electron chi connectivity index (χ3n) is 5.20. The van der Waals surface area contributed by atoms with Gasteiger partial charge in [0.2, 0.25) is 5.96 Å². The first-order valence-corrected chi connectivity index (χ1v) is 10.4. The Labute approximate surface area is 182 Å². The summed E-state index contributed by atoms with van der Waals surface area (Å²) in [7, 11) is 0. The van der Waals surface area contributed by atoms with Crippen molar-refractivity contribution in [3.63, 3.8) is 0 Å². The van der Waals surface area contributed by atoms with E-state index in [1.165, 1.54) is 29.8 Å². The van der Waals surface area contributed by atoms with E-state index in [1.807, 2.05) is 42.8 Å². The molecule has 162 valence electrons. The number of hydrogen-bond donors (Lipinski definition) is 2. The van der Waals surface area contributed by atoms with E-state index in [0.717, 1.165) is 29.2 Å². The summed E-state index contributed by atoms with van der Waals surface area (Å²) < 4.78 is 15.2. The van der Waals surface area contributed by atoms with Crippen molar-refractivity contribution in [3.05, 3.63) is 82.4 Å². The molecule has 3 aromatic rings. The van der Waals surface area contributed by atoms with Crippen LogP contribution in [0.4, 0.5) is 10.1 Å². The zero-order chi connectivity index (χ0) is 22.4. The predicted octanol–water partition coefficient (Wildman–Crippen LogP) is 4.41. The molecular weight excluding hydrogens is 393 g/mol. The van der Waals surface area contributed by atoms with E-state index in [4.69, 9.17) is 0 Å². The molecular formula is C24H28FN5O. The fourth-order valence-electron chi connectivity index (χ4n) is 3.42. The zero-order valence-electron chi connectivity index (χ0n) is 18.4. The van der Waals surface area contributed by atoms with Crippen LogP contribution in [0, 0.1) is 26.6 Å². The first-order chi connectivity index (χ1) is 14.9. The van der Waals surface area contributed by atoms with Gasteiger partial charge in [-0.15, -0.1) is 0 Å². The fourth-order valence-corrected chi connectivity index (χ4v) is 3.42. The monoisotopic (exact) mass is 421 g/mol. The van der Waals surface area contributed by atoms with Crippen molar-refractivity contribution in [3.8, 4) is 0 Å². The first kappa shape index (κ1) is 22.2. The van der Waals surface area contributed by atoms with Crippen molar-refractivity contribution >= 4 is 17.6 Å². The van der Waals surface area contributed by atoms with Crippen LogP contribution >= 0.6 is 0 Å². The molecule has 0 aliphatic carbocycles. The number of aromatic nitrogens is 2. The van der Waals surface area contributed by atoms with Crippen LogP contribution in [-0.2, 0) is 13.0 Å². The predicted molar refractivity (Wildman–Crippen MR) is 122 cm³/mol. The SMILES string of the molecule is CCn1nc(C)c(CCN=C(NC(=O)c2ccc(F)cc2)Nc2ccccc2C)c1C. The lowest BCUT2D eigenvalue weighted by Crippen LogP contribution is -2.36. The molecule has 0 atom stereocenters. The zero-order valence-corrected chi connectivity index (χ0v) is 18.4. The minimum atomic E-state index is -0.387. The minimum Gasteiger partial charge on any atom is -0.326 e. The van der Waals surface area contributed by atoms with Crippen molar-refractivity contribution < 1.29 is 9.18 Å². The fraction of sp³-hybridized carbons (Fsp3) is 0.292. The van der Waals surface area contributed by atoms with Gasteiger partial charge in [0.05, 0.1) is 5.69 Å². The average molecular weight is 422 g/mol. The maximum Gasteiger partial charge on any atom is 0.257 e. The number of rotatable bonds is 6. The van der Waals surface area contributed by atoms with Crippen molar-refractivity contribution in [2.45, 2.75) is 40.7 Å². The normalized spacial score (nSPS) is 11.5. The number of anilines is 1. The van der Waals surface area contributed by atoms with Gasteiger partial charge >= 0.3 is 0 Å². The van der Waals surface area contributed by atoms with Gasteiger partial charge < -0.3 is 5.32 Å². The van der Waals surface area contributed by atoms with Gasteiger partial charge in [-0.1, -0.05) is 18.2 Å². The summed E-state index contributed by atoms with van der Waals surface area (Å²) in [6, 6.07) is 13.2. The molecule has 3 rings (SSSR count). The molecule has 2 aromatic carbocycles. The number of amides is 1. The highest BCUT2D eigenvalue weighted by Gasteiger charge is 2.12. The van der Waals surface area contributed by atoms with Crippen LogP contribution in [-0.4, -0.2) is 28.2 Å². The summed E-state index contributed by atoms with van der Waals surface area (Å²) in [5.41, 5.74) is 5.55. The van der Waals surface area contributed by atoms with Gasteiger partial charge in [-0.25, -0.2) is 4.39 Å². The summed E-state index contributed by atoms with van der Waals surface area (Å²) in [4.78, 5) is 17.3. The van der Waals surface area contributed by atoms with Gasteiger partial charge in [-0.3, -0.25) is 19.8 Å². The Morgan fingerprint density at radius 3 is 2.45 bits per heavy atom. The summed E-state index contributed by atoms with van der Waals surface area (Å²) >= 11 is 0. The van der Waals surface area contributed by atoms with Crippen molar-refractivity contribution in [2.24, 2.45) is 4.99 Å². The van der Waals surface area contributed by atoms with E-state index in [2.05, 4.69) is 34.6 Å². The van der Waals surface area contributed by atoms with Gasteiger partial charge in [0.25, 0.3) is 5.91 Å². The Morgan fingerprint density at radius 1 is 1.10 bits per heavy atom. The van der Waals surface area contributed by atoms with Crippen LogP contribution in [0.5, 0.6) is 0 Å². The largest absolute Gasteiger partial charge is 0.326 e. The molecule has 0 bridgehead atoms. The maximum atomic E-state index is 13.2. The van der Waals surface area contributed by atoms with Crippen molar-refractivity contribution in [1.82, 2.24) is 15.1 Å². The Kier molecular flexibility index (Phi) is 7.18.